The van der Waals surface area contributed by atoms with E-state index in [1.54, 1.807) is 33.1 Å². The van der Waals surface area contributed by atoms with E-state index in [1.807, 2.05) is 6.92 Å². The van der Waals surface area contributed by atoms with Crippen LogP contribution in [0, 0.1) is 13.8 Å². The highest BCUT2D eigenvalue weighted by molar-refractivity contribution is 7.89. The third-order valence-corrected chi connectivity index (χ3v) is 6.77. The Kier molecular flexibility index (Phi) is 6.04. The van der Waals surface area contributed by atoms with Crippen molar-refractivity contribution in [3.8, 4) is 5.75 Å². The molecule has 0 spiro atoms. The van der Waals surface area contributed by atoms with E-state index in [9.17, 15) is 13.2 Å². The minimum Gasteiger partial charge on any atom is -0.497 e. The minimum atomic E-state index is -3.70. The van der Waals surface area contributed by atoms with Gasteiger partial charge in [0.2, 0.25) is 10.0 Å². The molecule has 0 aromatic heterocycles. The van der Waals surface area contributed by atoms with Crippen LogP contribution in [-0.4, -0.2) is 38.2 Å². The van der Waals surface area contributed by atoms with Crippen LogP contribution in [0.3, 0.4) is 0 Å². The number of rotatable bonds is 6. The molecule has 0 N–H and O–H groups in total. The number of ether oxygens (including phenoxy) is 1. The van der Waals surface area contributed by atoms with Gasteiger partial charge in [0.05, 0.1) is 18.0 Å². The fourth-order valence-electron chi connectivity index (χ4n) is 3.48. The van der Waals surface area contributed by atoms with Gasteiger partial charge < -0.3 is 4.74 Å². The zero-order valence-corrected chi connectivity index (χ0v) is 15.8. The van der Waals surface area contributed by atoms with E-state index in [4.69, 9.17) is 4.74 Å². The summed E-state index contributed by atoms with van der Waals surface area (Å²) in [6.07, 6.45) is 3.48. The maximum atomic E-state index is 13.3. The molecule has 0 radical (unpaired) electrons. The average Bonchev–Trinajstić information content (AvgIpc) is 2.54. The maximum absolute atomic E-state index is 13.3. The lowest BCUT2D eigenvalue weighted by atomic mass is 9.99. The van der Waals surface area contributed by atoms with Crippen LogP contribution < -0.4 is 4.74 Å². The summed E-state index contributed by atoms with van der Waals surface area (Å²) in [6, 6.07) is 2.93. The number of nitrogens with zero attached hydrogens (tertiary/aromatic N) is 1. The number of piperidine rings is 1. The van der Waals surface area contributed by atoms with Crippen LogP contribution in [0.5, 0.6) is 5.75 Å². The largest absolute Gasteiger partial charge is 0.497 e. The monoisotopic (exact) mass is 353 g/mol. The SMILES string of the molecule is CCCC(=O)C1CCCCN1S(=O)(=O)c1c(C)cc(OC)cc1C. The summed E-state index contributed by atoms with van der Waals surface area (Å²) in [5.41, 5.74) is 1.30. The summed E-state index contributed by atoms with van der Waals surface area (Å²) >= 11 is 0. The van der Waals surface area contributed by atoms with Crippen molar-refractivity contribution in [3.63, 3.8) is 0 Å². The number of hydrogen-bond donors (Lipinski definition) is 0. The van der Waals surface area contributed by atoms with E-state index in [0.717, 1.165) is 19.3 Å². The van der Waals surface area contributed by atoms with E-state index in [0.29, 0.717) is 41.2 Å². The lowest BCUT2D eigenvalue weighted by Crippen LogP contribution is -2.48. The first-order valence-corrected chi connectivity index (χ1v) is 9.96. The number of ketones is 1. The molecular weight excluding hydrogens is 326 g/mol. The molecule has 1 atom stereocenters. The van der Waals surface area contributed by atoms with Crippen LogP contribution in [0.25, 0.3) is 0 Å². The third-order valence-electron chi connectivity index (χ3n) is 4.56. The first kappa shape index (κ1) is 18.9. The number of Topliss-reactive ketones (excluding diaryl/α,β-unsaturated/α-hetero) is 1. The van der Waals surface area contributed by atoms with E-state index in [1.165, 1.54) is 4.31 Å². The number of sulfonamides is 1. The van der Waals surface area contributed by atoms with Crippen molar-refractivity contribution in [1.29, 1.82) is 0 Å². The summed E-state index contributed by atoms with van der Waals surface area (Å²) < 4.78 is 33.2. The second kappa shape index (κ2) is 7.66. The molecule has 0 saturated carbocycles. The predicted octanol–water partition coefficient (Wildman–Crippen LogP) is 3.22. The third kappa shape index (κ3) is 3.64. The molecule has 1 aromatic rings. The zero-order chi connectivity index (χ0) is 17.9. The molecular formula is C18H27NO4S. The van der Waals surface area contributed by atoms with Gasteiger partial charge in [-0.15, -0.1) is 0 Å². The first-order valence-electron chi connectivity index (χ1n) is 8.52. The molecule has 1 aliphatic heterocycles. The molecule has 24 heavy (non-hydrogen) atoms. The van der Waals surface area contributed by atoms with E-state index < -0.39 is 16.1 Å². The Morgan fingerprint density at radius 2 is 1.88 bits per heavy atom. The van der Waals surface area contributed by atoms with Crippen molar-refractivity contribution in [3.05, 3.63) is 23.3 Å². The fraction of sp³-hybridized carbons (Fsp3) is 0.611. The van der Waals surface area contributed by atoms with Crippen molar-refractivity contribution in [2.75, 3.05) is 13.7 Å². The molecule has 1 saturated heterocycles. The van der Waals surface area contributed by atoms with Gasteiger partial charge in [-0.3, -0.25) is 4.79 Å². The van der Waals surface area contributed by atoms with Gasteiger partial charge in [-0.2, -0.15) is 4.31 Å². The van der Waals surface area contributed by atoms with Gasteiger partial charge in [-0.1, -0.05) is 13.3 Å². The van der Waals surface area contributed by atoms with Gasteiger partial charge in [-0.25, -0.2) is 8.42 Å². The fourth-order valence-corrected chi connectivity index (χ4v) is 5.57. The number of aryl methyl sites for hydroxylation is 2. The van der Waals surface area contributed by atoms with Gasteiger partial charge >= 0.3 is 0 Å². The minimum absolute atomic E-state index is 0.0320. The van der Waals surface area contributed by atoms with Crippen LogP contribution in [0.15, 0.2) is 17.0 Å². The number of hydrogen-bond acceptors (Lipinski definition) is 4. The predicted molar refractivity (Wildman–Crippen MR) is 93.9 cm³/mol. The Labute approximate surface area is 145 Å². The number of carbonyl (C=O) groups is 1. The van der Waals surface area contributed by atoms with Gasteiger partial charge in [0, 0.05) is 13.0 Å². The van der Waals surface area contributed by atoms with Crippen LogP contribution in [-0.2, 0) is 14.8 Å². The Morgan fingerprint density at radius 3 is 2.42 bits per heavy atom. The highest BCUT2D eigenvalue weighted by Gasteiger charge is 2.38. The number of benzene rings is 1. The summed E-state index contributed by atoms with van der Waals surface area (Å²) in [4.78, 5) is 12.7. The molecule has 5 nitrogen and oxygen atoms in total. The molecule has 0 amide bonds. The van der Waals surface area contributed by atoms with E-state index in [-0.39, 0.29) is 5.78 Å². The Hall–Kier alpha value is -1.40. The van der Waals surface area contributed by atoms with Crippen molar-refractivity contribution in [2.45, 2.75) is 63.8 Å². The van der Waals surface area contributed by atoms with Crippen molar-refractivity contribution in [2.24, 2.45) is 0 Å². The molecule has 1 fully saturated rings. The molecule has 134 valence electrons. The van der Waals surface area contributed by atoms with Crippen LogP contribution in [0.2, 0.25) is 0 Å². The Morgan fingerprint density at radius 1 is 1.25 bits per heavy atom. The van der Waals surface area contributed by atoms with E-state index in [2.05, 4.69) is 0 Å². The first-order chi connectivity index (χ1) is 11.3. The highest BCUT2D eigenvalue weighted by atomic mass is 32.2. The molecule has 1 aromatic carbocycles. The lowest BCUT2D eigenvalue weighted by molar-refractivity contribution is -0.123. The molecule has 0 bridgehead atoms. The van der Waals surface area contributed by atoms with Crippen molar-refractivity contribution < 1.29 is 17.9 Å². The van der Waals surface area contributed by atoms with Gasteiger partial charge in [0.15, 0.2) is 5.78 Å². The standard InChI is InChI=1S/C18H27NO4S/c1-5-8-17(20)16-9-6-7-10-19(16)24(21,22)18-13(2)11-15(23-4)12-14(18)3/h11-12,16H,5-10H2,1-4H3. The zero-order valence-electron chi connectivity index (χ0n) is 15.0. The van der Waals surface area contributed by atoms with Crippen molar-refractivity contribution in [1.82, 2.24) is 4.31 Å². The van der Waals surface area contributed by atoms with Gasteiger partial charge in [-0.05, 0) is 56.4 Å². The normalized spacial score (nSPS) is 19.2. The quantitative estimate of drug-likeness (QED) is 0.788. The lowest BCUT2D eigenvalue weighted by Gasteiger charge is -2.34. The summed E-state index contributed by atoms with van der Waals surface area (Å²) in [5.74, 6) is 0.672. The topological polar surface area (TPSA) is 63.7 Å². The number of methoxy groups -OCH3 is 1. The smallest absolute Gasteiger partial charge is 0.244 e. The molecule has 1 heterocycles. The maximum Gasteiger partial charge on any atom is 0.244 e. The summed E-state index contributed by atoms with van der Waals surface area (Å²) in [5, 5.41) is 0. The van der Waals surface area contributed by atoms with Gasteiger partial charge in [0.25, 0.3) is 0 Å². The van der Waals surface area contributed by atoms with E-state index >= 15 is 0 Å². The van der Waals surface area contributed by atoms with Gasteiger partial charge in [0.1, 0.15) is 5.75 Å². The highest BCUT2D eigenvalue weighted by Crippen LogP contribution is 2.32. The second-order valence-corrected chi connectivity index (χ2v) is 8.26. The summed E-state index contributed by atoms with van der Waals surface area (Å²) in [6.45, 7) is 5.90. The molecule has 0 aliphatic carbocycles. The van der Waals surface area contributed by atoms with Crippen LogP contribution >= 0.6 is 0 Å². The van der Waals surface area contributed by atoms with Crippen molar-refractivity contribution >= 4 is 15.8 Å². The molecule has 6 heteroatoms. The molecule has 1 aliphatic rings. The second-order valence-electron chi connectivity index (χ2n) is 6.43. The number of carbonyl (C=O) groups excluding carboxylic acids is 1. The summed E-state index contributed by atoms with van der Waals surface area (Å²) in [7, 11) is -2.14. The Balaban J connectivity index is 2.46. The Bertz CT molecular complexity index is 689. The molecule has 1 unspecified atom stereocenters. The average molecular weight is 353 g/mol. The van der Waals surface area contributed by atoms with Crippen LogP contribution in [0.1, 0.15) is 50.2 Å². The van der Waals surface area contributed by atoms with Crippen LogP contribution in [0.4, 0.5) is 0 Å². The molecule has 2 rings (SSSR count).